The van der Waals surface area contributed by atoms with Gasteiger partial charge in [-0.2, -0.15) is 8.78 Å². The summed E-state index contributed by atoms with van der Waals surface area (Å²) in [6.45, 7) is 5.90. The van der Waals surface area contributed by atoms with Crippen molar-refractivity contribution in [3.8, 4) is 5.82 Å². The molecule has 170 valence electrons. The van der Waals surface area contributed by atoms with Crippen LogP contribution in [0.1, 0.15) is 26.6 Å². The van der Waals surface area contributed by atoms with E-state index in [0.29, 0.717) is 43.1 Å². The molecule has 0 saturated carbocycles. The lowest BCUT2D eigenvalue weighted by Gasteiger charge is -2.32. The van der Waals surface area contributed by atoms with Crippen LogP contribution in [0, 0.1) is 0 Å². The van der Waals surface area contributed by atoms with Gasteiger partial charge in [-0.05, 0) is 0 Å². The third kappa shape index (κ3) is 4.48. The Morgan fingerprint density at radius 2 is 1.97 bits per heavy atom. The molecule has 0 aliphatic carbocycles. The van der Waals surface area contributed by atoms with E-state index < -0.39 is 11.7 Å². The SMILES string of the molecule is CC.CN1CCN(c2nn(-c3ccnc(C(C)(F)F)n3)c3cc(NC=O)ncc23)CC1=O. The monoisotopic (exact) mass is 446 g/mol. The summed E-state index contributed by atoms with van der Waals surface area (Å²) in [4.78, 5) is 38.2. The summed E-state index contributed by atoms with van der Waals surface area (Å²) in [5.74, 6) is -3.07. The molecule has 1 aliphatic heterocycles. The number of alkyl halides is 2. The maximum atomic E-state index is 13.7. The van der Waals surface area contributed by atoms with Gasteiger partial charge in [-0.15, -0.1) is 5.10 Å². The van der Waals surface area contributed by atoms with Crippen LogP contribution in [-0.2, 0) is 15.5 Å². The predicted octanol–water partition coefficient (Wildman–Crippen LogP) is 2.20. The highest BCUT2D eigenvalue weighted by atomic mass is 19.3. The van der Waals surface area contributed by atoms with Crippen LogP contribution >= 0.6 is 0 Å². The van der Waals surface area contributed by atoms with E-state index in [4.69, 9.17) is 0 Å². The van der Waals surface area contributed by atoms with Gasteiger partial charge in [0, 0.05) is 51.6 Å². The molecule has 1 N–H and O–H groups in total. The van der Waals surface area contributed by atoms with Gasteiger partial charge in [0.05, 0.1) is 17.4 Å². The lowest BCUT2D eigenvalue weighted by atomic mass is 10.2. The maximum Gasteiger partial charge on any atom is 0.303 e. The summed E-state index contributed by atoms with van der Waals surface area (Å²) < 4.78 is 28.9. The van der Waals surface area contributed by atoms with Crippen molar-refractivity contribution < 1.29 is 18.4 Å². The van der Waals surface area contributed by atoms with Crippen molar-refractivity contribution in [3.63, 3.8) is 0 Å². The third-order valence-electron chi connectivity index (χ3n) is 4.76. The number of piperazine rings is 1. The molecule has 4 rings (SSSR count). The Labute approximate surface area is 183 Å². The smallest absolute Gasteiger partial charge is 0.303 e. The summed E-state index contributed by atoms with van der Waals surface area (Å²) in [5.41, 5.74) is 0.486. The molecule has 32 heavy (non-hydrogen) atoms. The fourth-order valence-electron chi connectivity index (χ4n) is 3.16. The zero-order chi connectivity index (χ0) is 23.5. The van der Waals surface area contributed by atoms with Crippen LogP contribution in [0.3, 0.4) is 0 Å². The van der Waals surface area contributed by atoms with Crippen LogP contribution in [0.4, 0.5) is 20.4 Å². The van der Waals surface area contributed by atoms with E-state index in [2.05, 4.69) is 25.4 Å². The first-order valence-electron chi connectivity index (χ1n) is 10.1. The van der Waals surface area contributed by atoms with Crippen molar-refractivity contribution in [1.82, 2.24) is 29.6 Å². The molecule has 0 unspecified atom stereocenters. The number of halogens is 2. The number of carbonyl (C=O) groups is 2. The maximum absolute atomic E-state index is 13.7. The first-order valence-corrected chi connectivity index (χ1v) is 10.1. The summed E-state index contributed by atoms with van der Waals surface area (Å²) in [7, 11) is 1.72. The van der Waals surface area contributed by atoms with E-state index in [0.717, 1.165) is 0 Å². The lowest BCUT2D eigenvalue weighted by molar-refractivity contribution is -0.129. The number of hydrogen-bond acceptors (Lipinski definition) is 7. The first kappa shape index (κ1) is 23.0. The van der Waals surface area contributed by atoms with Gasteiger partial charge in [-0.1, -0.05) is 13.8 Å². The quantitative estimate of drug-likeness (QED) is 0.599. The number of anilines is 2. The van der Waals surface area contributed by atoms with Gasteiger partial charge in [0.2, 0.25) is 18.1 Å². The van der Waals surface area contributed by atoms with Crippen molar-refractivity contribution >= 4 is 34.9 Å². The summed E-state index contributed by atoms with van der Waals surface area (Å²) in [5, 5.41) is 7.59. The largest absolute Gasteiger partial charge is 0.343 e. The molecule has 0 radical (unpaired) electrons. The number of pyridine rings is 1. The van der Waals surface area contributed by atoms with E-state index in [1.807, 2.05) is 13.8 Å². The second-order valence-corrected chi connectivity index (χ2v) is 6.95. The second-order valence-electron chi connectivity index (χ2n) is 6.95. The summed E-state index contributed by atoms with van der Waals surface area (Å²) >= 11 is 0. The van der Waals surface area contributed by atoms with Crippen molar-refractivity contribution in [2.45, 2.75) is 26.7 Å². The fourth-order valence-corrected chi connectivity index (χ4v) is 3.16. The number of hydrogen-bond donors (Lipinski definition) is 1. The second kappa shape index (κ2) is 9.20. The average molecular weight is 446 g/mol. The normalized spacial score (nSPS) is 14.2. The minimum Gasteiger partial charge on any atom is -0.343 e. The van der Waals surface area contributed by atoms with Gasteiger partial charge in [-0.25, -0.2) is 19.6 Å². The Morgan fingerprint density at radius 1 is 1.22 bits per heavy atom. The van der Waals surface area contributed by atoms with Crippen LogP contribution in [0.25, 0.3) is 16.7 Å². The molecule has 1 aliphatic rings. The molecule has 10 nitrogen and oxygen atoms in total. The molecule has 2 amide bonds. The van der Waals surface area contributed by atoms with E-state index in [-0.39, 0.29) is 24.1 Å². The van der Waals surface area contributed by atoms with Crippen LogP contribution in [0.5, 0.6) is 0 Å². The highest BCUT2D eigenvalue weighted by Gasteiger charge is 2.30. The molecule has 1 fully saturated rings. The molecule has 0 bridgehead atoms. The Hall–Kier alpha value is -3.70. The zero-order valence-corrected chi connectivity index (χ0v) is 18.2. The standard InChI is InChI=1S/C18H18F2N8O2.C2H6/c1-18(19,20)17-21-4-3-14(24-17)28-12-7-13(23-10-29)22-8-11(12)16(25-28)27-6-5-26(2)15(30)9-27;1-2/h3-4,7-8,10H,5-6,9H2,1-2H3,(H,22,23,29);1-2H3. The van der Waals surface area contributed by atoms with E-state index in [1.54, 1.807) is 22.9 Å². The number of aromatic nitrogens is 5. The van der Waals surface area contributed by atoms with Crippen LogP contribution in [-0.4, -0.2) is 68.6 Å². The third-order valence-corrected chi connectivity index (χ3v) is 4.76. The minimum atomic E-state index is -3.22. The Bertz CT molecular complexity index is 1130. The van der Waals surface area contributed by atoms with Gasteiger partial charge in [0.25, 0.3) is 0 Å². The van der Waals surface area contributed by atoms with Crippen LogP contribution in [0.15, 0.2) is 24.5 Å². The molecule has 12 heteroatoms. The number of carbonyl (C=O) groups excluding carboxylic acids is 2. The molecule has 3 aromatic rings. The summed E-state index contributed by atoms with van der Waals surface area (Å²) in [6, 6.07) is 3.01. The molecule has 0 atom stereocenters. The van der Waals surface area contributed by atoms with Crippen LogP contribution < -0.4 is 10.2 Å². The minimum absolute atomic E-state index is 0.0638. The van der Waals surface area contributed by atoms with Crippen LogP contribution in [0.2, 0.25) is 0 Å². The number of nitrogens with zero attached hydrogens (tertiary/aromatic N) is 7. The lowest BCUT2D eigenvalue weighted by Crippen LogP contribution is -2.48. The van der Waals surface area contributed by atoms with E-state index in [1.165, 1.54) is 23.1 Å². The highest BCUT2D eigenvalue weighted by molar-refractivity contribution is 5.95. The first-order chi connectivity index (χ1) is 15.3. The highest BCUT2D eigenvalue weighted by Crippen LogP contribution is 2.30. The Morgan fingerprint density at radius 3 is 2.62 bits per heavy atom. The van der Waals surface area contributed by atoms with Crippen molar-refractivity contribution in [3.05, 3.63) is 30.4 Å². The van der Waals surface area contributed by atoms with E-state index in [9.17, 15) is 18.4 Å². The van der Waals surface area contributed by atoms with Gasteiger partial charge in [0.15, 0.2) is 11.6 Å². The molecule has 0 spiro atoms. The number of nitrogens with one attached hydrogen (secondary N) is 1. The number of likely N-dealkylation sites (N-methyl/N-ethyl adjacent to an activating group) is 1. The average Bonchev–Trinajstić information content (AvgIpc) is 3.16. The summed E-state index contributed by atoms with van der Waals surface area (Å²) in [6.07, 6.45) is 3.22. The molecule has 3 aromatic heterocycles. The van der Waals surface area contributed by atoms with Gasteiger partial charge in [0.1, 0.15) is 5.82 Å². The Balaban J connectivity index is 0.00000141. The van der Waals surface area contributed by atoms with Crippen molar-refractivity contribution in [2.75, 3.05) is 36.9 Å². The molecular weight excluding hydrogens is 422 g/mol. The topological polar surface area (TPSA) is 109 Å². The molecule has 0 aromatic carbocycles. The van der Waals surface area contributed by atoms with Crippen molar-refractivity contribution in [1.29, 1.82) is 0 Å². The zero-order valence-electron chi connectivity index (χ0n) is 18.2. The number of amides is 2. The number of rotatable bonds is 5. The molecule has 1 saturated heterocycles. The Kier molecular flexibility index (Phi) is 6.61. The van der Waals surface area contributed by atoms with Gasteiger partial charge >= 0.3 is 5.92 Å². The van der Waals surface area contributed by atoms with Crippen molar-refractivity contribution in [2.24, 2.45) is 0 Å². The van der Waals surface area contributed by atoms with Gasteiger partial charge < -0.3 is 15.1 Å². The molecule has 4 heterocycles. The number of fused-ring (bicyclic) bond motifs is 1. The molecular formula is C20H24F2N8O2. The van der Waals surface area contributed by atoms with Gasteiger partial charge in [-0.3, -0.25) is 9.59 Å². The predicted molar refractivity (Wildman–Crippen MR) is 115 cm³/mol. The fraction of sp³-hybridized carbons (Fsp3) is 0.400. The van der Waals surface area contributed by atoms with E-state index >= 15 is 0 Å².